The molecule has 1 aromatic heterocycles. The molecule has 1 aromatic carbocycles. The quantitative estimate of drug-likeness (QED) is 0.852. The van der Waals surface area contributed by atoms with Crippen LogP contribution in [0.15, 0.2) is 27.4 Å². The van der Waals surface area contributed by atoms with E-state index in [9.17, 15) is 4.79 Å². The second kappa shape index (κ2) is 3.97. The average molecular weight is 258 g/mol. The Hall–Kier alpha value is -1.55. The standard InChI is InChI=1S/C15H18N2O2/c1-17-13-5-2-9(8-14(13)19-15(17)18)10-6-11-3-4-12(7-10)16-11/h2,5,8,10-12,16H,3-4,6-7H2,1H3. The van der Waals surface area contributed by atoms with Crippen molar-refractivity contribution in [2.75, 3.05) is 0 Å². The van der Waals surface area contributed by atoms with Gasteiger partial charge in [0, 0.05) is 19.1 Å². The van der Waals surface area contributed by atoms with E-state index in [1.54, 1.807) is 11.6 Å². The van der Waals surface area contributed by atoms with E-state index in [-0.39, 0.29) is 5.76 Å². The van der Waals surface area contributed by atoms with Gasteiger partial charge in [-0.2, -0.15) is 0 Å². The van der Waals surface area contributed by atoms with Gasteiger partial charge in [-0.15, -0.1) is 0 Å². The summed E-state index contributed by atoms with van der Waals surface area (Å²) in [5.74, 6) is 0.325. The number of aromatic nitrogens is 1. The summed E-state index contributed by atoms with van der Waals surface area (Å²) in [6, 6.07) is 7.60. The molecule has 2 unspecified atom stereocenters. The second-order valence-electron chi connectivity index (χ2n) is 5.96. The van der Waals surface area contributed by atoms with Crippen molar-refractivity contribution >= 4 is 11.1 Å². The second-order valence-corrected chi connectivity index (χ2v) is 5.96. The van der Waals surface area contributed by atoms with Crippen LogP contribution in [0.3, 0.4) is 0 Å². The van der Waals surface area contributed by atoms with E-state index in [0.717, 1.165) is 11.1 Å². The number of hydrogen-bond acceptors (Lipinski definition) is 3. The molecule has 1 N–H and O–H groups in total. The first kappa shape index (κ1) is 11.3. The smallest absolute Gasteiger partial charge is 0.408 e. The lowest BCUT2D eigenvalue weighted by Crippen LogP contribution is -2.37. The number of fused-ring (bicyclic) bond motifs is 3. The predicted molar refractivity (Wildman–Crippen MR) is 73.4 cm³/mol. The van der Waals surface area contributed by atoms with Gasteiger partial charge in [0.2, 0.25) is 0 Å². The van der Waals surface area contributed by atoms with Crippen molar-refractivity contribution in [1.82, 2.24) is 9.88 Å². The first-order valence-corrected chi connectivity index (χ1v) is 7.06. The van der Waals surface area contributed by atoms with Crippen LogP contribution in [-0.4, -0.2) is 16.7 Å². The summed E-state index contributed by atoms with van der Waals surface area (Å²) in [7, 11) is 1.75. The highest BCUT2D eigenvalue weighted by Gasteiger charge is 2.34. The number of nitrogens with zero attached hydrogens (tertiary/aromatic N) is 1. The Balaban J connectivity index is 1.73. The van der Waals surface area contributed by atoms with Gasteiger partial charge in [0.15, 0.2) is 5.58 Å². The summed E-state index contributed by atoms with van der Waals surface area (Å²) >= 11 is 0. The highest BCUT2D eigenvalue weighted by Crippen LogP contribution is 2.37. The first-order valence-electron chi connectivity index (χ1n) is 7.06. The van der Waals surface area contributed by atoms with Crippen molar-refractivity contribution in [1.29, 1.82) is 0 Å². The number of hydrogen-bond donors (Lipinski definition) is 1. The Bertz CT molecular complexity index is 673. The zero-order valence-corrected chi connectivity index (χ0v) is 11.1. The van der Waals surface area contributed by atoms with Gasteiger partial charge in [-0.3, -0.25) is 4.57 Å². The van der Waals surface area contributed by atoms with Gasteiger partial charge in [0.1, 0.15) is 0 Å². The summed E-state index contributed by atoms with van der Waals surface area (Å²) in [5.41, 5.74) is 2.92. The monoisotopic (exact) mass is 258 g/mol. The molecule has 0 saturated carbocycles. The normalized spacial score (nSPS) is 30.1. The molecule has 0 radical (unpaired) electrons. The Kier molecular flexibility index (Phi) is 2.36. The van der Waals surface area contributed by atoms with E-state index in [4.69, 9.17) is 4.42 Å². The van der Waals surface area contributed by atoms with Gasteiger partial charge in [0.25, 0.3) is 0 Å². The number of aryl methyl sites for hydroxylation is 1. The molecule has 0 aliphatic carbocycles. The summed E-state index contributed by atoms with van der Waals surface area (Å²) in [6.07, 6.45) is 5.03. The van der Waals surface area contributed by atoms with E-state index in [1.165, 1.54) is 31.2 Å². The first-order chi connectivity index (χ1) is 9.20. The van der Waals surface area contributed by atoms with Gasteiger partial charge in [-0.1, -0.05) is 6.07 Å². The molecule has 4 rings (SSSR count). The molecule has 2 fully saturated rings. The minimum absolute atomic E-state index is 0.280. The molecule has 19 heavy (non-hydrogen) atoms. The number of rotatable bonds is 1. The summed E-state index contributed by atoms with van der Waals surface area (Å²) in [4.78, 5) is 11.5. The Labute approximate surface area is 111 Å². The third kappa shape index (κ3) is 1.74. The largest absolute Gasteiger partial charge is 0.419 e. The third-order valence-corrected chi connectivity index (χ3v) is 4.76. The molecule has 2 atom stereocenters. The SMILES string of the molecule is Cn1c(=O)oc2cc(C3CC4CCC(C3)N4)ccc21. The molecule has 2 bridgehead atoms. The molecular weight excluding hydrogens is 240 g/mol. The van der Waals surface area contributed by atoms with Gasteiger partial charge < -0.3 is 9.73 Å². The maximum absolute atomic E-state index is 11.5. The predicted octanol–water partition coefficient (Wildman–Crippen LogP) is 2.13. The topological polar surface area (TPSA) is 47.2 Å². The van der Waals surface area contributed by atoms with E-state index < -0.39 is 0 Å². The molecule has 4 nitrogen and oxygen atoms in total. The van der Waals surface area contributed by atoms with Crippen LogP contribution in [0.5, 0.6) is 0 Å². The van der Waals surface area contributed by atoms with E-state index in [0.29, 0.717) is 18.0 Å². The number of nitrogens with one attached hydrogen (secondary N) is 1. The molecule has 2 saturated heterocycles. The van der Waals surface area contributed by atoms with E-state index >= 15 is 0 Å². The van der Waals surface area contributed by atoms with Crippen LogP contribution in [0.1, 0.15) is 37.2 Å². The molecule has 2 aliphatic heterocycles. The molecule has 3 heterocycles. The molecule has 4 heteroatoms. The van der Waals surface area contributed by atoms with E-state index in [1.807, 2.05) is 6.07 Å². The van der Waals surface area contributed by atoms with Gasteiger partial charge in [-0.25, -0.2) is 4.79 Å². The van der Waals surface area contributed by atoms with Crippen LogP contribution in [0.2, 0.25) is 0 Å². The van der Waals surface area contributed by atoms with Crippen molar-refractivity contribution in [3.63, 3.8) is 0 Å². The molecule has 2 aromatic rings. The van der Waals surface area contributed by atoms with Crippen LogP contribution in [0.4, 0.5) is 0 Å². The zero-order chi connectivity index (χ0) is 13.0. The highest BCUT2D eigenvalue weighted by atomic mass is 16.4. The Morgan fingerprint density at radius 1 is 1.26 bits per heavy atom. The third-order valence-electron chi connectivity index (χ3n) is 4.76. The highest BCUT2D eigenvalue weighted by molar-refractivity contribution is 5.73. The fraction of sp³-hybridized carbons (Fsp3) is 0.533. The summed E-state index contributed by atoms with van der Waals surface area (Å²) in [6.45, 7) is 0. The maximum atomic E-state index is 11.5. The van der Waals surface area contributed by atoms with Crippen LogP contribution < -0.4 is 11.1 Å². The molecule has 2 aliphatic rings. The number of piperidine rings is 1. The van der Waals surface area contributed by atoms with Crippen molar-refractivity contribution in [3.05, 3.63) is 34.3 Å². The summed E-state index contributed by atoms with van der Waals surface area (Å²) < 4.78 is 6.85. The van der Waals surface area contributed by atoms with Crippen molar-refractivity contribution in [2.24, 2.45) is 7.05 Å². The minimum Gasteiger partial charge on any atom is -0.408 e. The number of benzene rings is 1. The van der Waals surface area contributed by atoms with Crippen molar-refractivity contribution < 1.29 is 4.42 Å². The number of oxazole rings is 1. The molecule has 0 amide bonds. The molecule has 100 valence electrons. The fourth-order valence-corrected chi connectivity index (χ4v) is 3.73. The lowest BCUT2D eigenvalue weighted by Gasteiger charge is -2.29. The van der Waals surface area contributed by atoms with Gasteiger partial charge >= 0.3 is 5.76 Å². The van der Waals surface area contributed by atoms with Crippen LogP contribution in [0.25, 0.3) is 11.1 Å². The Morgan fingerprint density at radius 3 is 2.74 bits per heavy atom. The van der Waals surface area contributed by atoms with Crippen molar-refractivity contribution in [3.8, 4) is 0 Å². The maximum Gasteiger partial charge on any atom is 0.419 e. The van der Waals surface area contributed by atoms with E-state index in [2.05, 4.69) is 17.4 Å². The molecular formula is C15H18N2O2. The van der Waals surface area contributed by atoms with Crippen LogP contribution in [0, 0.1) is 0 Å². The average Bonchev–Trinajstić information content (AvgIpc) is 2.90. The minimum atomic E-state index is -0.280. The summed E-state index contributed by atoms with van der Waals surface area (Å²) in [5, 5.41) is 3.66. The molecule has 0 spiro atoms. The lowest BCUT2D eigenvalue weighted by molar-refractivity contribution is 0.363. The van der Waals surface area contributed by atoms with Gasteiger partial charge in [-0.05, 0) is 49.3 Å². The van der Waals surface area contributed by atoms with Gasteiger partial charge in [0.05, 0.1) is 5.52 Å². The van der Waals surface area contributed by atoms with Crippen LogP contribution >= 0.6 is 0 Å². The van der Waals surface area contributed by atoms with Crippen LogP contribution in [-0.2, 0) is 7.05 Å². The fourth-order valence-electron chi connectivity index (χ4n) is 3.73. The zero-order valence-electron chi connectivity index (χ0n) is 11.1. The Morgan fingerprint density at radius 2 is 2.00 bits per heavy atom. The van der Waals surface area contributed by atoms with Crippen molar-refractivity contribution in [2.45, 2.75) is 43.7 Å². The lowest BCUT2D eigenvalue weighted by atomic mass is 9.86.